The summed E-state index contributed by atoms with van der Waals surface area (Å²) < 4.78 is 40.9. The number of halogens is 3. The Morgan fingerprint density at radius 3 is 2.13 bits per heavy atom. The van der Waals surface area contributed by atoms with Crippen molar-refractivity contribution in [2.45, 2.75) is 46.4 Å². The number of fused-ring (bicyclic) bond motifs is 3. The third kappa shape index (κ3) is 2.26. The maximum atomic E-state index is 13.6. The summed E-state index contributed by atoms with van der Waals surface area (Å²) in [5, 5.41) is 10.6. The molecule has 1 aliphatic rings. The topological polar surface area (TPSA) is 33.1 Å². The molecule has 2 aromatic rings. The molecule has 0 fully saturated rings. The Balaban J connectivity index is 0.000000924. The zero-order chi connectivity index (χ0) is 17.6. The molecule has 5 heteroatoms. The minimum Gasteiger partial charge on any atom is -0.372 e. The first-order chi connectivity index (χ1) is 10.7. The quantitative estimate of drug-likeness (QED) is 0.754. The molecule has 1 N–H and O–H groups in total. The van der Waals surface area contributed by atoms with Gasteiger partial charge in [-0.1, -0.05) is 38.1 Å². The first-order valence-corrected chi connectivity index (χ1v) is 7.57. The number of benzene rings is 1. The molecule has 0 spiro atoms. The van der Waals surface area contributed by atoms with Crippen molar-refractivity contribution < 1.29 is 18.3 Å². The van der Waals surface area contributed by atoms with Gasteiger partial charge in [-0.3, -0.25) is 4.98 Å². The van der Waals surface area contributed by atoms with Crippen molar-refractivity contribution in [2.24, 2.45) is 0 Å². The van der Waals surface area contributed by atoms with Gasteiger partial charge >= 0.3 is 6.18 Å². The predicted molar refractivity (Wildman–Crippen MR) is 84.3 cm³/mol. The summed E-state index contributed by atoms with van der Waals surface area (Å²) >= 11 is 0. The summed E-state index contributed by atoms with van der Waals surface area (Å²) in [5.41, 5.74) is -0.920. The van der Waals surface area contributed by atoms with Crippen LogP contribution in [0.15, 0.2) is 24.3 Å². The molecule has 0 saturated carbocycles. The van der Waals surface area contributed by atoms with Crippen molar-refractivity contribution in [2.75, 3.05) is 0 Å². The summed E-state index contributed by atoms with van der Waals surface area (Å²) in [6, 6.07) is 6.03. The Labute approximate surface area is 134 Å². The van der Waals surface area contributed by atoms with Gasteiger partial charge in [0, 0.05) is 22.4 Å². The van der Waals surface area contributed by atoms with Crippen LogP contribution in [0.3, 0.4) is 0 Å². The SMILES string of the molecule is CC.Cc1nc2c(c(C)c1C)C(O)(C(F)(F)F)c1ccccc1-2. The number of pyridine rings is 1. The number of rotatable bonds is 0. The van der Waals surface area contributed by atoms with E-state index in [1.807, 2.05) is 13.8 Å². The van der Waals surface area contributed by atoms with Gasteiger partial charge in [0.25, 0.3) is 0 Å². The van der Waals surface area contributed by atoms with Gasteiger partial charge in [-0.2, -0.15) is 13.2 Å². The number of alkyl halides is 3. The molecular weight excluding hydrogens is 303 g/mol. The predicted octanol–water partition coefficient (Wildman–Crippen LogP) is 4.81. The lowest BCUT2D eigenvalue weighted by atomic mass is 9.87. The summed E-state index contributed by atoms with van der Waals surface area (Å²) in [5.74, 6) is 0. The summed E-state index contributed by atoms with van der Waals surface area (Å²) in [7, 11) is 0. The normalized spacial score (nSPS) is 18.8. The van der Waals surface area contributed by atoms with E-state index < -0.39 is 11.8 Å². The van der Waals surface area contributed by atoms with E-state index in [1.54, 1.807) is 32.9 Å². The second-order valence-electron chi connectivity index (χ2n) is 5.42. The van der Waals surface area contributed by atoms with E-state index in [-0.39, 0.29) is 16.8 Å². The van der Waals surface area contributed by atoms with Crippen LogP contribution in [0.1, 0.15) is 41.8 Å². The molecule has 23 heavy (non-hydrogen) atoms. The average Bonchev–Trinajstić information content (AvgIpc) is 2.78. The number of nitrogens with zero attached hydrogens (tertiary/aromatic N) is 1. The van der Waals surface area contributed by atoms with Crippen molar-refractivity contribution in [3.05, 3.63) is 52.2 Å². The van der Waals surface area contributed by atoms with Crippen LogP contribution in [-0.2, 0) is 5.60 Å². The number of aromatic nitrogens is 1. The molecule has 2 nitrogen and oxygen atoms in total. The minimum absolute atomic E-state index is 0.140. The Morgan fingerprint density at radius 1 is 1.00 bits per heavy atom. The third-order valence-corrected chi connectivity index (χ3v) is 4.34. The van der Waals surface area contributed by atoms with Crippen molar-refractivity contribution >= 4 is 0 Å². The first kappa shape index (κ1) is 17.5. The highest BCUT2D eigenvalue weighted by Gasteiger charge is 2.62. The van der Waals surface area contributed by atoms with Crippen LogP contribution in [0.2, 0.25) is 0 Å². The molecule has 3 rings (SSSR count). The van der Waals surface area contributed by atoms with Crippen molar-refractivity contribution in [1.82, 2.24) is 4.98 Å². The van der Waals surface area contributed by atoms with Gasteiger partial charge in [-0.05, 0) is 31.9 Å². The van der Waals surface area contributed by atoms with E-state index in [9.17, 15) is 18.3 Å². The summed E-state index contributed by atoms with van der Waals surface area (Å²) in [6.45, 7) is 9.08. The van der Waals surface area contributed by atoms with Gasteiger partial charge < -0.3 is 5.11 Å². The third-order valence-electron chi connectivity index (χ3n) is 4.34. The molecule has 1 aromatic heterocycles. The Kier molecular flexibility index (Phi) is 4.28. The van der Waals surface area contributed by atoms with Gasteiger partial charge in [-0.15, -0.1) is 0 Å². The first-order valence-electron chi connectivity index (χ1n) is 7.57. The Bertz CT molecular complexity index is 753. The van der Waals surface area contributed by atoms with Gasteiger partial charge in [0.2, 0.25) is 5.60 Å². The van der Waals surface area contributed by atoms with E-state index >= 15 is 0 Å². The van der Waals surface area contributed by atoms with E-state index in [0.717, 1.165) is 0 Å². The van der Waals surface area contributed by atoms with Crippen molar-refractivity contribution in [3.8, 4) is 11.3 Å². The van der Waals surface area contributed by atoms with Crippen LogP contribution in [0.5, 0.6) is 0 Å². The number of aliphatic hydroxyl groups is 1. The second-order valence-corrected chi connectivity index (χ2v) is 5.42. The van der Waals surface area contributed by atoms with Crippen LogP contribution in [0.25, 0.3) is 11.3 Å². The molecule has 1 atom stereocenters. The molecule has 0 radical (unpaired) electrons. The van der Waals surface area contributed by atoms with Gasteiger partial charge in [0.1, 0.15) is 0 Å². The standard InChI is InChI=1S/C16H14F3NO.C2H6/c1-8-9(2)13-14(20-10(8)3)11-6-4-5-7-12(11)15(13,21)16(17,18)19;1-2/h4-7,21H,1-3H3;1-2H3. The fourth-order valence-electron chi connectivity index (χ4n) is 3.02. The zero-order valence-corrected chi connectivity index (χ0v) is 13.8. The van der Waals surface area contributed by atoms with Crippen LogP contribution in [0.4, 0.5) is 13.2 Å². The highest BCUT2D eigenvalue weighted by atomic mass is 19.4. The molecule has 1 aromatic carbocycles. The lowest BCUT2D eigenvalue weighted by Gasteiger charge is -2.29. The number of aryl methyl sites for hydroxylation is 1. The lowest BCUT2D eigenvalue weighted by Crippen LogP contribution is -2.42. The maximum Gasteiger partial charge on any atom is 0.425 e. The molecule has 0 saturated heterocycles. The van der Waals surface area contributed by atoms with Crippen molar-refractivity contribution in [3.63, 3.8) is 0 Å². The van der Waals surface area contributed by atoms with Gasteiger partial charge in [0.15, 0.2) is 0 Å². The van der Waals surface area contributed by atoms with Gasteiger partial charge in [0.05, 0.1) is 5.69 Å². The number of hydrogen-bond donors (Lipinski definition) is 1. The molecule has 1 heterocycles. The monoisotopic (exact) mass is 323 g/mol. The lowest BCUT2D eigenvalue weighted by molar-refractivity contribution is -0.247. The van der Waals surface area contributed by atoms with Crippen LogP contribution in [-0.4, -0.2) is 16.3 Å². The van der Waals surface area contributed by atoms with Crippen molar-refractivity contribution in [1.29, 1.82) is 0 Å². The van der Waals surface area contributed by atoms with E-state index in [2.05, 4.69) is 4.98 Å². The molecule has 0 bridgehead atoms. The fourth-order valence-corrected chi connectivity index (χ4v) is 3.02. The summed E-state index contributed by atoms with van der Waals surface area (Å²) in [4.78, 5) is 4.30. The van der Waals surface area contributed by atoms with E-state index in [0.29, 0.717) is 22.4 Å². The fraction of sp³-hybridized carbons (Fsp3) is 0.389. The maximum absolute atomic E-state index is 13.6. The number of hydrogen-bond acceptors (Lipinski definition) is 2. The largest absolute Gasteiger partial charge is 0.425 e. The Hall–Kier alpha value is -1.88. The smallest absolute Gasteiger partial charge is 0.372 e. The molecule has 0 aliphatic heterocycles. The van der Waals surface area contributed by atoms with Crippen LogP contribution >= 0.6 is 0 Å². The molecule has 0 amide bonds. The van der Waals surface area contributed by atoms with Gasteiger partial charge in [-0.25, -0.2) is 0 Å². The molecule has 1 unspecified atom stereocenters. The molecular formula is C18H20F3NO. The summed E-state index contributed by atoms with van der Waals surface area (Å²) in [6.07, 6.45) is -4.80. The minimum atomic E-state index is -4.80. The van der Waals surface area contributed by atoms with Crippen LogP contribution < -0.4 is 0 Å². The van der Waals surface area contributed by atoms with Crippen LogP contribution in [0, 0.1) is 20.8 Å². The average molecular weight is 323 g/mol. The van der Waals surface area contributed by atoms with E-state index in [1.165, 1.54) is 12.1 Å². The Morgan fingerprint density at radius 2 is 1.57 bits per heavy atom. The molecule has 1 aliphatic carbocycles. The zero-order valence-electron chi connectivity index (χ0n) is 13.8. The second kappa shape index (κ2) is 5.64. The molecule has 124 valence electrons. The highest BCUT2D eigenvalue weighted by molar-refractivity contribution is 5.79. The highest BCUT2D eigenvalue weighted by Crippen LogP contribution is 2.55. The van der Waals surface area contributed by atoms with E-state index in [4.69, 9.17) is 0 Å².